The summed E-state index contributed by atoms with van der Waals surface area (Å²) in [4.78, 5) is 5.23. The van der Waals surface area contributed by atoms with Gasteiger partial charge in [0.15, 0.2) is 0 Å². The quantitative estimate of drug-likeness (QED) is 0.604. The lowest BCUT2D eigenvalue weighted by molar-refractivity contribution is 0.130. The molecule has 2 rings (SSSR count). The highest BCUT2D eigenvalue weighted by atomic mass is 16.6. The molecule has 0 saturated carbocycles. The van der Waals surface area contributed by atoms with Gasteiger partial charge in [0.05, 0.1) is 7.11 Å². The van der Waals surface area contributed by atoms with Crippen molar-refractivity contribution >= 4 is 6.21 Å². The van der Waals surface area contributed by atoms with Crippen LogP contribution < -0.4 is 4.74 Å². The first kappa shape index (κ1) is 13.1. The van der Waals surface area contributed by atoms with Gasteiger partial charge in [0.1, 0.15) is 18.6 Å². The lowest BCUT2D eigenvalue weighted by Crippen LogP contribution is -1.93. The molecule has 0 atom stereocenters. The number of hydrogen-bond donors (Lipinski definition) is 0. The van der Waals surface area contributed by atoms with E-state index in [0.717, 1.165) is 16.9 Å². The van der Waals surface area contributed by atoms with E-state index in [4.69, 9.17) is 9.57 Å². The summed E-state index contributed by atoms with van der Waals surface area (Å²) < 4.78 is 5.23. The summed E-state index contributed by atoms with van der Waals surface area (Å²) in [7, 11) is 1.64. The van der Waals surface area contributed by atoms with Gasteiger partial charge in [0.25, 0.3) is 0 Å². The maximum atomic E-state index is 5.23. The molecule has 3 nitrogen and oxygen atoms in total. The maximum absolute atomic E-state index is 5.23. The topological polar surface area (TPSA) is 30.8 Å². The Hall–Kier alpha value is -2.29. The summed E-state index contributed by atoms with van der Waals surface area (Å²) in [5.41, 5.74) is 3.06. The Bertz CT molecular complexity index is 547. The minimum Gasteiger partial charge on any atom is -0.496 e. The van der Waals surface area contributed by atoms with Crippen LogP contribution in [-0.4, -0.2) is 13.3 Å². The smallest absolute Gasteiger partial charge is 0.145 e. The molecule has 0 aliphatic rings. The zero-order chi connectivity index (χ0) is 13.5. The summed E-state index contributed by atoms with van der Waals surface area (Å²) in [5.74, 6) is 0.799. The van der Waals surface area contributed by atoms with Crippen molar-refractivity contribution < 1.29 is 9.57 Å². The molecule has 0 aromatic heterocycles. The van der Waals surface area contributed by atoms with Gasteiger partial charge in [0, 0.05) is 11.1 Å². The fourth-order valence-corrected chi connectivity index (χ4v) is 1.64. The van der Waals surface area contributed by atoms with Crippen molar-refractivity contribution in [3.8, 4) is 5.75 Å². The highest BCUT2D eigenvalue weighted by Crippen LogP contribution is 2.17. The number of rotatable bonds is 5. The Kier molecular flexibility index (Phi) is 4.56. The molecule has 19 heavy (non-hydrogen) atoms. The monoisotopic (exact) mass is 254 g/mol. The van der Waals surface area contributed by atoms with Gasteiger partial charge in [-0.1, -0.05) is 53.2 Å². The van der Waals surface area contributed by atoms with Crippen molar-refractivity contribution in [1.82, 2.24) is 0 Å². The second-order valence-electron chi connectivity index (χ2n) is 4.15. The minimum absolute atomic E-state index is 0.364. The Morgan fingerprint density at radius 3 is 2.53 bits per heavy atom. The molecule has 0 bridgehead atoms. The van der Waals surface area contributed by atoms with Gasteiger partial charge in [-0.25, -0.2) is 0 Å². The van der Waals surface area contributed by atoms with Gasteiger partial charge in [0.2, 0.25) is 0 Å². The van der Waals surface area contributed by atoms with E-state index in [9.17, 15) is 0 Å². The third-order valence-electron chi connectivity index (χ3n) is 2.70. The van der Waals surface area contributed by atoms with Crippen molar-refractivity contribution in [2.75, 3.05) is 7.11 Å². The van der Waals surface area contributed by atoms with Crippen LogP contribution >= 0.6 is 0 Å². The fourth-order valence-electron chi connectivity index (χ4n) is 1.64. The maximum Gasteiger partial charge on any atom is 0.145 e. The second kappa shape index (κ2) is 6.59. The van der Waals surface area contributed by atoms with Crippen LogP contribution in [0.4, 0.5) is 0 Å². The van der Waals surface area contributed by atoms with Crippen molar-refractivity contribution in [3.63, 3.8) is 0 Å². The molecular formula is C16H16NO2. The zero-order valence-corrected chi connectivity index (χ0v) is 11.1. The van der Waals surface area contributed by atoms with Gasteiger partial charge < -0.3 is 9.57 Å². The molecule has 0 amide bonds. The Balaban J connectivity index is 1.91. The van der Waals surface area contributed by atoms with Crippen LogP contribution in [0.3, 0.4) is 0 Å². The second-order valence-corrected chi connectivity index (χ2v) is 4.15. The van der Waals surface area contributed by atoms with E-state index < -0.39 is 0 Å². The predicted octanol–water partition coefficient (Wildman–Crippen LogP) is 3.43. The van der Waals surface area contributed by atoms with E-state index in [2.05, 4.69) is 11.4 Å². The Morgan fingerprint density at radius 2 is 1.79 bits per heavy atom. The first-order valence-corrected chi connectivity index (χ1v) is 6.06. The lowest BCUT2D eigenvalue weighted by Gasteiger charge is -2.06. The number of para-hydroxylation sites is 1. The van der Waals surface area contributed by atoms with Crippen LogP contribution in [0.25, 0.3) is 0 Å². The summed E-state index contributed by atoms with van der Waals surface area (Å²) in [6.45, 7) is 2.40. The van der Waals surface area contributed by atoms with E-state index >= 15 is 0 Å². The van der Waals surface area contributed by atoms with Crippen LogP contribution in [0.5, 0.6) is 5.75 Å². The largest absolute Gasteiger partial charge is 0.496 e. The van der Waals surface area contributed by atoms with E-state index in [1.165, 1.54) is 5.56 Å². The molecule has 0 aliphatic carbocycles. The average Bonchev–Trinajstić information content (AvgIpc) is 2.46. The summed E-state index contributed by atoms with van der Waals surface area (Å²) in [6, 6.07) is 15.6. The molecule has 2 aromatic rings. The van der Waals surface area contributed by atoms with Crippen LogP contribution in [0, 0.1) is 6.92 Å². The lowest BCUT2D eigenvalue weighted by atomic mass is 10.2. The standard InChI is InChI=1S/C16H16NO2/c1-13-7-9-14(10-8-13)11-17-19-12-15-5-3-4-6-16(15)18-2/h3-10H,12H2,1-2H3. The fraction of sp³-hybridized carbons (Fsp3) is 0.188. The molecular weight excluding hydrogens is 238 g/mol. The van der Waals surface area contributed by atoms with E-state index in [1.807, 2.05) is 55.5 Å². The van der Waals surface area contributed by atoms with Gasteiger partial charge in [-0.3, -0.25) is 0 Å². The van der Waals surface area contributed by atoms with Crippen molar-refractivity contribution in [3.05, 3.63) is 65.2 Å². The highest BCUT2D eigenvalue weighted by molar-refractivity contribution is 5.79. The normalized spacial score (nSPS) is 10.6. The molecule has 0 heterocycles. The zero-order valence-electron chi connectivity index (χ0n) is 11.1. The van der Waals surface area contributed by atoms with Crippen molar-refractivity contribution in [1.29, 1.82) is 0 Å². The number of nitrogens with zero attached hydrogens (tertiary/aromatic N) is 1. The van der Waals surface area contributed by atoms with E-state index in [-0.39, 0.29) is 0 Å². The van der Waals surface area contributed by atoms with Crippen LogP contribution in [0.15, 0.2) is 53.7 Å². The predicted molar refractivity (Wildman–Crippen MR) is 75.5 cm³/mol. The van der Waals surface area contributed by atoms with Gasteiger partial charge >= 0.3 is 0 Å². The molecule has 0 saturated heterocycles. The molecule has 1 radical (unpaired) electrons. The minimum atomic E-state index is 0.364. The third kappa shape index (κ3) is 3.85. The van der Waals surface area contributed by atoms with E-state index in [1.54, 1.807) is 7.11 Å². The number of benzene rings is 2. The van der Waals surface area contributed by atoms with Crippen molar-refractivity contribution in [2.24, 2.45) is 5.16 Å². The van der Waals surface area contributed by atoms with Crippen LogP contribution in [-0.2, 0) is 11.4 Å². The number of hydrogen-bond acceptors (Lipinski definition) is 3. The first-order valence-electron chi connectivity index (χ1n) is 6.06. The first-order chi connectivity index (χ1) is 9.29. The number of methoxy groups -OCH3 is 1. The summed E-state index contributed by atoms with van der Waals surface area (Å²) >= 11 is 0. The van der Waals surface area contributed by atoms with E-state index in [0.29, 0.717) is 6.61 Å². The van der Waals surface area contributed by atoms with Gasteiger partial charge in [-0.15, -0.1) is 0 Å². The molecule has 0 unspecified atom stereocenters. The van der Waals surface area contributed by atoms with Gasteiger partial charge in [-0.05, 0) is 13.0 Å². The SMILES string of the molecule is COc1ccccc1CO/N=[C]\c1ccc(C)cc1. The van der Waals surface area contributed by atoms with Crippen molar-refractivity contribution in [2.45, 2.75) is 13.5 Å². The molecule has 0 spiro atoms. The molecule has 0 fully saturated rings. The van der Waals surface area contributed by atoms with Gasteiger partial charge in [-0.2, -0.15) is 0 Å². The highest BCUT2D eigenvalue weighted by Gasteiger charge is 2.00. The number of aryl methyl sites for hydroxylation is 1. The molecule has 0 N–H and O–H groups in total. The average molecular weight is 254 g/mol. The molecule has 0 aliphatic heterocycles. The molecule has 2 aromatic carbocycles. The summed E-state index contributed by atoms with van der Waals surface area (Å²) in [6.07, 6.45) is 2.84. The van der Waals surface area contributed by atoms with Crippen LogP contribution in [0.1, 0.15) is 16.7 Å². The molecule has 3 heteroatoms. The third-order valence-corrected chi connectivity index (χ3v) is 2.70. The number of ether oxygens (including phenoxy) is 1. The molecule has 97 valence electrons. The summed E-state index contributed by atoms with van der Waals surface area (Å²) in [5, 5.41) is 3.84. The Morgan fingerprint density at radius 1 is 1.05 bits per heavy atom. The van der Waals surface area contributed by atoms with Crippen LogP contribution in [0.2, 0.25) is 0 Å². The Labute approximate surface area is 113 Å².